The van der Waals surface area contributed by atoms with Crippen molar-refractivity contribution in [3.63, 3.8) is 0 Å². The van der Waals surface area contributed by atoms with Gasteiger partial charge in [-0.3, -0.25) is 4.79 Å². The van der Waals surface area contributed by atoms with Crippen molar-refractivity contribution >= 4 is 40.9 Å². The van der Waals surface area contributed by atoms with E-state index in [1.54, 1.807) is 13.0 Å². The molecule has 0 aliphatic rings. The molecule has 2 rings (SSSR count). The summed E-state index contributed by atoms with van der Waals surface area (Å²) in [4.78, 5) is 16.8. The van der Waals surface area contributed by atoms with Crippen molar-refractivity contribution in [2.45, 2.75) is 42.5 Å². The lowest BCUT2D eigenvalue weighted by Gasteiger charge is -2.10. The van der Waals surface area contributed by atoms with Crippen LogP contribution in [0.5, 0.6) is 0 Å². The number of hydrogen-bond donors (Lipinski definition) is 1. The Labute approximate surface area is 149 Å². The number of carbonyl (C=O) groups is 1. The minimum atomic E-state index is -0.893. The molecule has 4 nitrogen and oxygen atoms in total. The Kier molecular flexibility index (Phi) is 5.65. The van der Waals surface area contributed by atoms with Gasteiger partial charge in [-0.1, -0.05) is 48.8 Å². The summed E-state index contributed by atoms with van der Waals surface area (Å²) in [6.07, 6.45) is 0. The van der Waals surface area contributed by atoms with Gasteiger partial charge in [0.25, 0.3) is 0 Å². The maximum absolute atomic E-state index is 11.3. The van der Waals surface area contributed by atoms with Gasteiger partial charge in [0.05, 0.1) is 5.69 Å². The summed E-state index contributed by atoms with van der Waals surface area (Å²) in [5.74, 6) is -0.851. The fourth-order valence-corrected chi connectivity index (χ4v) is 4.08. The van der Waals surface area contributed by atoms with Gasteiger partial charge in [0.2, 0.25) is 0 Å². The largest absolute Gasteiger partial charge is 0.481 e. The molecule has 1 N–H and O–H groups in total. The Morgan fingerprint density at radius 3 is 2.26 bits per heavy atom. The van der Waals surface area contributed by atoms with Crippen LogP contribution >= 0.6 is 35.0 Å². The standard InChI is InChI=1S/C16H18Cl2N2O2S/c1-8(2)13-15(20(4)14(19-13)9(3)16(21)22)23-12-6-10(17)5-11(18)7-12/h5-9H,1-4H3,(H,21,22). The highest BCUT2D eigenvalue weighted by Gasteiger charge is 2.25. The number of rotatable bonds is 5. The van der Waals surface area contributed by atoms with Crippen LogP contribution in [0.2, 0.25) is 10.0 Å². The second kappa shape index (κ2) is 7.16. The van der Waals surface area contributed by atoms with Crippen LogP contribution in [0.1, 0.15) is 44.1 Å². The maximum atomic E-state index is 11.3. The first-order valence-electron chi connectivity index (χ1n) is 7.14. The molecule has 7 heteroatoms. The van der Waals surface area contributed by atoms with Gasteiger partial charge >= 0.3 is 5.97 Å². The SMILES string of the molecule is CC(C)c1nc(C(C)C(=O)O)n(C)c1Sc1cc(Cl)cc(Cl)c1. The van der Waals surface area contributed by atoms with E-state index in [-0.39, 0.29) is 5.92 Å². The summed E-state index contributed by atoms with van der Waals surface area (Å²) in [5, 5.41) is 11.3. The molecular formula is C16H18Cl2N2O2S. The van der Waals surface area contributed by atoms with Crippen LogP contribution in [0, 0.1) is 0 Å². The van der Waals surface area contributed by atoms with Crippen LogP contribution in [0.15, 0.2) is 28.1 Å². The molecule has 0 saturated heterocycles. The first-order chi connectivity index (χ1) is 10.7. The Morgan fingerprint density at radius 1 is 1.22 bits per heavy atom. The lowest BCUT2D eigenvalue weighted by molar-refractivity contribution is -0.138. The van der Waals surface area contributed by atoms with Crippen LogP contribution in [-0.4, -0.2) is 20.6 Å². The van der Waals surface area contributed by atoms with Crippen molar-refractivity contribution in [2.24, 2.45) is 7.05 Å². The predicted molar refractivity (Wildman–Crippen MR) is 93.9 cm³/mol. The molecule has 0 bridgehead atoms. The lowest BCUT2D eigenvalue weighted by Crippen LogP contribution is -2.12. The number of nitrogens with zero attached hydrogens (tertiary/aromatic N) is 2. The molecule has 0 spiro atoms. The number of halogens is 2. The zero-order chi connectivity index (χ0) is 17.3. The molecule has 2 aromatic rings. The number of benzene rings is 1. The van der Waals surface area contributed by atoms with Crippen molar-refractivity contribution in [1.29, 1.82) is 0 Å². The predicted octanol–water partition coefficient (Wildman–Crippen LogP) is 5.19. The van der Waals surface area contributed by atoms with E-state index in [0.29, 0.717) is 15.9 Å². The van der Waals surface area contributed by atoms with E-state index >= 15 is 0 Å². The monoisotopic (exact) mass is 372 g/mol. The van der Waals surface area contributed by atoms with Gasteiger partial charge < -0.3 is 9.67 Å². The van der Waals surface area contributed by atoms with Crippen molar-refractivity contribution in [3.05, 3.63) is 39.8 Å². The van der Waals surface area contributed by atoms with Crippen molar-refractivity contribution in [1.82, 2.24) is 9.55 Å². The summed E-state index contributed by atoms with van der Waals surface area (Å²) in [6.45, 7) is 5.71. The minimum Gasteiger partial charge on any atom is -0.481 e. The molecule has 124 valence electrons. The van der Waals surface area contributed by atoms with Gasteiger partial charge in [-0.05, 0) is 31.0 Å². The van der Waals surface area contributed by atoms with Gasteiger partial charge in [0.15, 0.2) is 0 Å². The van der Waals surface area contributed by atoms with Crippen LogP contribution in [0.25, 0.3) is 0 Å². The highest BCUT2D eigenvalue weighted by Crippen LogP contribution is 2.37. The highest BCUT2D eigenvalue weighted by molar-refractivity contribution is 7.99. The Hall–Kier alpha value is -1.17. The number of aliphatic carboxylic acids is 1. The Morgan fingerprint density at radius 2 is 1.78 bits per heavy atom. The number of hydrogen-bond acceptors (Lipinski definition) is 3. The van der Waals surface area contributed by atoms with Gasteiger partial charge in [0.1, 0.15) is 16.8 Å². The fraction of sp³-hybridized carbons (Fsp3) is 0.375. The van der Waals surface area contributed by atoms with Gasteiger partial charge in [-0.2, -0.15) is 0 Å². The molecule has 0 amide bonds. The number of aromatic nitrogens is 2. The summed E-state index contributed by atoms with van der Waals surface area (Å²) >= 11 is 13.6. The van der Waals surface area contributed by atoms with Gasteiger partial charge in [-0.25, -0.2) is 4.98 Å². The topological polar surface area (TPSA) is 55.1 Å². The molecule has 0 fully saturated rings. The summed E-state index contributed by atoms with van der Waals surface area (Å²) in [6, 6.07) is 5.34. The van der Waals surface area contributed by atoms with E-state index in [1.807, 2.05) is 37.6 Å². The average Bonchev–Trinajstić information content (AvgIpc) is 2.74. The molecule has 1 aromatic carbocycles. The summed E-state index contributed by atoms with van der Waals surface area (Å²) in [7, 11) is 1.84. The quantitative estimate of drug-likeness (QED) is 0.784. The molecule has 0 aliphatic carbocycles. The fourth-order valence-electron chi connectivity index (χ4n) is 2.22. The van der Waals surface area contributed by atoms with E-state index in [0.717, 1.165) is 15.6 Å². The molecule has 1 unspecified atom stereocenters. The third kappa shape index (κ3) is 4.03. The van der Waals surface area contributed by atoms with Crippen LogP contribution in [-0.2, 0) is 11.8 Å². The van der Waals surface area contributed by atoms with Crippen molar-refractivity contribution in [3.8, 4) is 0 Å². The lowest BCUT2D eigenvalue weighted by atomic mass is 10.1. The smallest absolute Gasteiger partial charge is 0.313 e. The number of imidazole rings is 1. The average molecular weight is 373 g/mol. The van der Waals surface area contributed by atoms with E-state index in [2.05, 4.69) is 4.98 Å². The number of carboxylic acids is 1. The van der Waals surface area contributed by atoms with E-state index in [9.17, 15) is 9.90 Å². The first kappa shape index (κ1) is 18.2. The van der Waals surface area contributed by atoms with E-state index in [4.69, 9.17) is 23.2 Å². The van der Waals surface area contributed by atoms with E-state index in [1.165, 1.54) is 11.8 Å². The first-order valence-corrected chi connectivity index (χ1v) is 8.71. The highest BCUT2D eigenvalue weighted by atomic mass is 35.5. The molecule has 0 saturated carbocycles. The zero-order valence-electron chi connectivity index (χ0n) is 13.3. The zero-order valence-corrected chi connectivity index (χ0v) is 15.6. The molecule has 1 atom stereocenters. The second-order valence-corrected chi connectivity index (χ2v) is 7.58. The van der Waals surface area contributed by atoms with Crippen molar-refractivity contribution in [2.75, 3.05) is 0 Å². The number of carboxylic acid groups (broad SMARTS) is 1. The maximum Gasteiger partial charge on any atom is 0.313 e. The van der Waals surface area contributed by atoms with E-state index < -0.39 is 11.9 Å². The van der Waals surface area contributed by atoms with Gasteiger partial charge in [0, 0.05) is 22.0 Å². The van der Waals surface area contributed by atoms with Gasteiger partial charge in [-0.15, -0.1) is 0 Å². The molecule has 1 heterocycles. The molecule has 0 radical (unpaired) electrons. The Balaban J connectivity index is 2.50. The Bertz CT molecular complexity index is 724. The molecule has 23 heavy (non-hydrogen) atoms. The van der Waals surface area contributed by atoms with Crippen molar-refractivity contribution < 1.29 is 9.90 Å². The third-order valence-corrected chi connectivity index (χ3v) is 5.04. The molecule has 0 aliphatic heterocycles. The molecule has 1 aromatic heterocycles. The third-order valence-electron chi connectivity index (χ3n) is 3.46. The second-order valence-electron chi connectivity index (χ2n) is 5.64. The van der Waals surface area contributed by atoms with Crippen LogP contribution < -0.4 is 0 Å². The normalized spacial score (nSPS) is 12.7. The molecular weight excluding hydrogens is 355 g/mol. The van der Waals surface area contributed by atoms with Crippen LogP contribution in [0.4, 0.5) is 0 Å². The minimum absolute atomic E-state index is 0.174. The summed E-state index contributed by atoms with van der Waals surface area (Å²) in [5.41, 5.74) is 0.872. The summed E-state index contributed by atoms with van der Waals surface area (Å²) < 4.78 is 1.84. The van der Waals surface area contributed by atoms with Crippen LogP contribution in [0.3, 0.4) is 0 Å².